The molecule has 18 atom stereocenters. The van der Waals surface area contributed by atoms with Crippen LogP contribution in [0.25, 0.3) is 0 Å². The first kappa shape index (κ1) is 99.7. The van der Waals surface area contributed by atoms with Gasteiger partial charge >= 0.3 is 5.97 Å². The molecular formula is C85H160N2O21. The number of carboxylic acids is 1. The summed E-state index contributed by atoms with van der Waals surface area (Å²) in [6, 6.07) is -2.62. The molecule has 3 heterocycles. The quantitative estimate of drug-likeness (QED) is 0.0199. The molecule has 18 unspecified atom stereocenters. The van der Waals surface area contributed by atoms with E-state index >= 15 is 0 Å². The van der Waals surface area contributed by atoms with E-state index < -0.39 is 155 Å². The van der Waals surface area contributed by atoms with E-state index in [1.807, 2.05) is 6.08 Å². The van der Waals surface area contributed by atoms with E-state index in [-0.39, 0.29) is 12.3 Å². The number of nitrogens with one attached hydrogen (secondary N) is 2. The van der Waals surface area contributed by atoms with Crippen molar-refractivity contribution in [3.8, 4) is 0 Å². The number of carbonyl (C=O) groups is 3. The first-order valence-corrected chi connectivity index (χ1v) is 44.1. The number of allylic oxidation sites excluding steroid dienone is 1. The number of hydrogen-bond acceptors (Lipinski definition) is 20. The Morgan fingerprint density at radius 2 is 0.861 bits per heavy atom. The zero-order chi connectivity index (χ0) is 78.8. The van der Waals surface area contributed by atoms with E-state index in [1.165, 1.54) is 283 Å². The second kappa shape index (κ2) is 63.7. The van der Waals surface area contributed by atoms with Crippen molar-refractivity contribution in [3.63, 3.8) is 0 Å². The van der Waals surface area contributed by atoms with Gasteiger partial charge < -0.3 is 100 Å². The van der Waals surface area contributed by atoms with Crippen molar-refractivity contribution in [2.45, 2.75) is 484 Å². The first-order valence-electron chi connectivity index (χ1n) is 44.1. The third-order valence-corrected chi connectivity index (χ3v) is 22.5. The van der Waals surface area contributed by atoms with Crippen molar-refractivity contribution < 1.29 is 104 Å². The Balaban J connectivity index is 1.48. The highest BCUT2D eigenvalue weighted by molar-refractivity contribution is 5.77. The highest BCUT2D eigenvalue weighted by atomic mass is 16.8. The van der Waals surface area contributed by atoms with Gasteiger partial charge in [-0.2, -0.15) is 0 Å². The highest BCUT2D eigenvalue weighted by Gasteiger charge is 2.60. The molecule has 2 amide bonds. The Bertz CT molecular complexity index is 2190. The minimum absolute atomic E-state index is 0.206. The van der Waals surface area contributed by atoms with Gasteiger partial charge in [-0.15, -0.1) is 0 Å². The van der Waals surface area contributed by atoms with Crippen molar-refractivity contribution >= 4 is 17.8 Å². The van der Waals surface area contributed by atoms with Gasteiger partial charge in [0.1, 0.15) is 67.1 Å². The molecule has 0 aromatic heterocycles. The summed E-state index contributed by atoms with van der Waals surface area (Å²) in [4.78, 5) is 38.8. The Kier molecular flexibility index (Phi) is 58.8. The fourth-order valence-electron chi connectivity index (χ4n) is 15.5. The molecule has 3 rings (SSSR count). The van der Waals surface area contributed by atoms with Gasteiger partial charge in [0.2, 0.25) is 11.8 Å². The van der Waals surface area contributed by atoms with Crippen LogP contribution >= 0.6 is 0 Å². The zero-order valence-electron chi connectivity index (χ0n) is 67.7. The molecule has 3 saturated heterocycles. The predicted octanol–water partition coefficient (Wildman–Crippen LogP) is 13.3. The summed E-state index contributed by atoms with van der Waals surface area (Å²) in [5, 5.41) is 137. The van der Waals surface area contributed by atoms with Crippen LogP contribution < -0.4 is 10.6 Å². The number of ether oxygens (including phenoxy) is 6. The van der Waals surface area contributed by atoms with Crippen LogP contribution in [0.1, 0.15) is 374 Å². The van der Waals surface area contributed by atoms with Gasteiger partial charge in [0.15, 0.2) is 12.6 Å². The summed E-state index contributed by atoms with van der Waals surface area (Å²) in [6.45, 7) is 2.22. The maximum atomic E-state index is 13.6. The molecular weight excluding hydrogens is 1380 g/mol. The summed E-state index contributed by atoms with van der Waals surface area (Å²) in [7, 11) is 0. The molecule has 0 spiro atoms. The molecule has 0 aromatic carbocycles. The number of unbranched alkanes of at least 4 members (excludes halogenated alkanes) is 51. The maximum Gasteiger partial charge on any atom is 0.364 e. The summed E-state index contributed by atoms with van der Waals surface area (Å²) in [6.07, 6.45) is 42.5. The van der Waals surface area contributed by atoms with Crippen LogP contribution in [-0.4, -0.2) is 215 Å². The van der Waals surface area contributed by atoms with E-state index in [2.05, 4.69) is 24.5 Å². The van der Waals surface area contributed by atoms with Crippen LogP contribution in [0.4, 0.5) is 0 Å². The third kappa shape index (κ3) is 42.7. The molecule has 0 saturated carbocycles. The van der Waals surface area contributed by atoms with Crippen LogP contribution in [0.5, 0.6) is 0 Å². The number of rotatable bonds is 71. The fraction of sp³-hybridized carbons (Fsp3) is 0.941. The summed E-state index contributed by atoms with van der Waals surface area (Å²) in [5.74, 6) is -6.13. The number of aliphatic carboxylic acids is 1. The molecule has 3 fully saturated rings. The molecule has 3 aliphatic heterocycles. The fourth-order valence-corrected chi connectivity index (χ4v) is 15.5. The van der Waals surface area contributed by atoms with Crippen LogP contribution in [0.3, 0.4) is 0 Å². The standard InChI is InChI=1S/C85H160N2O21/c1-4-6-8-10-12-14-16-18-20-22-24-26-28-30-31-32-33-35-37-39-41-43-45-47-49-51-53-55-57-59-72(95)87-66(67(92)58-56-54-52-50-48-46-44-42-40-38-36-34-29-27-25-23-21-19-17-15-13-11-9-7-5-2)64-103-82-77(99)76(98)79(71(63-90)105-82)106-83-78(100)81(75(97)70(62-89)104-83)108-85(84(101)102)60-68(93)73(86-65(3)91)80(107-85)74(96)69(94)61-88/h56,58,66-71,73-83,88-90,92-94,96-100H,4-55,57,59-64H2,1-3H3,(H,86,91)(H,87,95)(H,101,102)/b58-56+. The number of aliphatic hydroxyl groups is 11. The molecule has 0 aliphatic carbocycles. The minimum Gasteiger partial charge on any atom is -0.477 e. The Morgan fingerprint density at radius 3 is 1.23 bits per heavy atom. The van der Waals surface area contributed by atoms with Gasteiger partial charge in [0, 0.05) is 19.8 Å². The molecule has 108 heavy (non-hydrogen) atoms. The molecule has 3 aliphatic rings. The first-order chi connectivity index (χ1) is 52.4. The third-order valence-electron chi connectivity index (χ3n) is 22.5. The lowest BCUT2D eigenvalue weighted by Crippen LogP contribution is -2.70. The number of carboxylic acid groups (broad SMARTS) is 1. The van der Waals surface area contributed by atoms with E-state index in [4.69, 9.17) is 28.4 Å². The Hall–Kier alpha value is -2.53. The lowest BCUT2D eigenvalue weighted by molar-refractivity contribution is -0.386. The predicted molar refractivity (Wildman–Crippen MR) is 422 cm³/mol. The lowest BCUT2D eigenvalue weighted by atomic mass is 9.88. The minimum atomic E-state index is -3.08. The molecule has 636 valence electrons. The van der Waals surface area contributed by atoms with Gasteiger partial charge in [-0.25, -0.2) is 4.79 Å². The molecule has 0 aromatic rings. The van der Waals surface area contributed by atoms with Crippen LogP contribution in [0, 0.1) is 0 Å². The smallest absolute Gasteiger partial charge is 0.364 e. The number of carbonyl (C=O) groups excluding carboxylic acids is 2. The monoisotopic (exact) mass is 1550 g/mol. The van der Waals surface area contributed by atoms with E-state index in [9.17, 15) is 75.7 Å². The van der Waals surface area contributed by atoms with E-state index in [0.717, 1.165) is 51.9 Å². The van der Waals surface area contributed by atoms with Crippen molar-refractivity contribution in [2.24, 2.45) is 0 Å². The SMILES string of the molecule is CCCCCCCCCCCCCCCCCCCCCCCCC/C=C/C(O)C(COC1OC(CO)C(OC2OC(CO)C(O)C(OC3(C(=O)O)CC(O)C(NC(C)=O)C(C(O)C(O)CO)O3)C2O)C(O)C1O)NC(=O)CCCCCCCCCCCCCCCCCCCCCCCCCCCCCCC. The van der Waals surface area contributed by atoms with E-state index in [1.54, 1.807) is 6.08 Å². The highest BCUT2D eigenvalue weighted by Crippen LogP contribution is 2.39. The maximum absolute atomic E-state index is 13.6. The van der Waals surface area contributed by atoms with Crippen LogP contribution in [-0.2, 0) is 42.8 Å². The van der Waals surface area contributed by atoms with Gasteiger partial charge in [-0.1, -0.05) is 347 Å². The van der Waals surface area contributed by atoms with Crippen molar-refractivity contribution in [3.05, 3.63) is 12.2 Å². The number of amides is 2. The second-order valence-electron chi connectivity index (χ2n) is 32.1. The van der Waals surface area contributed by atoms with Gasteiger partial charge in [0.05, 0.1) is 50.7 Å². The van der Waals surface area contributed by atoms with Crippen molar-refractivity contribution in [2.75, 3.05) is 26.4 Å². The normalized spacial score (nSPS) is 25.9. The summed E-state index contributed by atoms with van der Waals surface area (Å²) in [5.41, 5.74) is 0. The van der Waals surface area contributed by atoms with E-state index in [0.29, 0.717) is 12.8 Å². The summed E-state index contributed by atoms with van der Waals surface area (Å²) >= 11 is 0. The Labute approximate surface area is 651 Å². The zero-order valence-corrected chi connectivity index (χ0v) is 67.7. The van der Waals surface area contributed by atoms with Gasteiger partial charge in [-0.05, 0) is 19.3 Å². The number of hydrogen-bond donors (Lipinski definition) is 14. The lowest BCUT2D eigenvalue weighted by Gasteiger charge is -2.50. The van der Waals surface area contributed by atoms with Crippen molar-refractivity contribution in [1.29, 1.82) is 0 Å². The number of aliphatic hydroxyl groups excluding tert-OH is 11. The largest absolute Gasteiger partial charge is 0.477 e. The average Bonchev–Trinajstić information content (AvgIpc) is 0.753. The average molecular weight is 1550 g/mol. The molecule has 14 N–H and O–H groups in total. The van der Waals surface area contributed by atoms with Crippen LogP contribution in [0.2, 0.25) is 0 Å². The molecule has 23 nitrogen and oxygen atoms in total. The van der Waals surface area contributed by atoms with Gasteiger partial charge in [0.25, 0.3) is 5.79 Å². The molecule has 23 heteroatoms. The van der Waals surface area contributed by atoms with Gasteiger partial charge in [-0.3, -0.25) is 9.59 Å². The molecule has 0 bridgehead atoms. The topological polar surface area (TPSA) is 373 Å². The summed E-state index contributed by atoms with van der Waals surface area (Å²) < 4.78 is 35.0. The molecule has 0 radical (unpaired) electrons. The second-order valence-corrected chi connectivity index (χ2v) is 32.1. The van der Waals surface area contributed by atoms with Crippen molar-refractivity contribution in [1.82, 2.24) is 10.6 Å². The van der Waals surface area contributed by atoms with Crippen LogP contribution in [0.15, 0.2) is 12.2 Å². The Morgan fingerprint density at radius 1 is 0.481 bits per heavy atom.